The average Bonchev–Trinajstić information content (AvgIpc) is 2.83. The number of benzene rings is 1. The molecule has 1 saturated carbocycles. The van der Waals surface area contributed by atoms with Crippen molar-refractivity contribution in [2.75, 3.05) is 6.61 Å². The molecule has 1 aliphatic heterocycles. The van der Waals surface area contributed by atoms with Gasteiger partial charge in [-0.3, -0.25) is 0 Å². The molecule has 2 aliphatic rings. The first-order chi connectivity index (χ1) is 8.34. The van der Waals surface area contributed by atoms with Gasteiger partial charge in [-0.05, 0) is 23.8 Å². The first-order valence-electron chi connectivity index (χ1n) is 5.75. The second-order valence-corrected chi connectivity index (χ2v) is 5.62. The highest BCUT2D eigenvalue weighted by atomic mass is 79.9. The Morgan fingerprint density at radius 2 is 2.29 bits per heavy atom. The van der Waals surface area contributed by atoms with Crippen molar-refractivity contribution in [1.29, 1.82) is 0 Å². The molecule has 0 bridgehead atoms. The summed E-state index contributed by atoms with van der Waals surface area (Å²) in [6, 6.07) is 6.26. The molecule has 86 valence electrons. The molecule has 1 aliphatic carbocycles. The zero-order valence-electron chi connectivity index (χ0n) is 9.06. The molecular formula is C13H11BrN2O. The van der Waals surface area contributed by atoms with Gasteiger partial charge < -0.3 is 9.72 Å². The van der Waals surface area contributed by atoms with Crippen LogP contribution < -0.4 is 4.74 Å². The molecule has 1 aromatic heterocycles. The summed E-state index contributed by atoms with van der Waals surface area (Å²) in [4.78, 5) is 7.41. The quantitative estimate of drug-likeness (QED) is 0.877. The Morgan fingerprint density at radius 1 is 1.35 bits per heavy atom. The summed E-state index contributed by atoms with van der Waals surface area (Å²) in [6.07, 6.45) is 3.75. The molecule has 0 saturated heterocycles. The van der Waals surface area contributed by atoms with Crippen LogP contribution >= 0.6 is 15.9 Å². The number of imidazole rings is 1. The summed E-state index contributed by atoms with van der Waals surface area (Å²) in [7, 11) is 0. The predicted molar refractivity (Wildman–Crippen MR) is 67.2 cm³/mol. The van der Waals surface area contributed by atoms with Crippen LogP contribution in [0.1, 0.15) is 23.1 Å². The van der Waals surface area contributed by atoms with E-state index in [1.165, 1.54) is 5.56 Å². The number of ether oxygens (including phenoxy) is 1. The summed E-state index contributed by atoms with van der Waals surface area (Å²) in [6.45, 7) is 0.816. The Bertz CT molecular complexity index is 567. The van der Waals surface area contributed by atoms with Crippen LogP contribution in [0, 0.1) is 5.92 Å². The van der Waals surface area contributed by atoms with E-state index in [4.69, 9.17) is 4.74 Å². The van der Waals surface area contributed by atoms with E-state index in [0.29, 0.717) is 17.8 Å². The molecule has 0 radical (unpaired) electrons. The molecule has 3 atom stereocenters. The molecule has 0 spiro atoms. The second-order valence-electron chi connectivity index (χ2n) is 4.70. The Kier molecular flexibility index (Phi) is 1.92. The molecule has 1 N–H and O–H groups in total. The van der Waals surface area contributed by atoms with Crippen molar-refractivity contribution in [2.24, 2.45) is 5.92 Å². The van der Waals surface area contributed by atoms with Gasteiger partial charge in [-0.2, -0.15) is 0 Å². The molecule has 4 rings (SSSR count). The molecule has 2 heterocycles. The van der Waals surface area contributed by atoms with Gasteiger partial charge in [-0.25, -0.2) is 4.98 Å². The number of rotatable bonds is 1. The van der Waals surface area contributed by atoms with Gasteiger partial charge in [-0.15, -0.1) is 0 Å². The maximum Gasteiger partial charge on any atom is 0.122 e. The van der Waals surface area contributed by atoms with Crippen molar-refractivity contribution in [3.05, 3.63) is 46.5 Å². The van der Waals surface area contributed by atoms with E-state index in [-0.39, 0.29) is 0 Å². The summed E-state index contributed by atoms with van der Waals surface area (Å²) >= 11 is 3.53. The van der Waals surface area contributed by atoms with Crippen molar-refractivity contribution >= 4 is 15.9 Å². The minimum Gasteiger partial charge on any atom is -0.493 e. The van der Waals surface area contributed by atoms with E-state index in [9.17, 15) is 0 Å². The van der Waals surface area contributed by atoms with Gasteiger partial charge in [0.2, 0.25) is 0 Å². The van der Waals surface area contributed by atoms with Gasteiger partial charge >= 0.3 is 0 Å². The fourth-order valence-corrected chi connectivity index (χ4v) is 3.34. The lowest BCUT2D eigenvalue weighted by Crippen LogP contribution is -2.08. The molecule has 2 aromatic rings. The van der Waals surface area contributed by atoms with E-state index in [2.05, 4.69) is 38.0 Å². The largest absolute Gasteiger partial charge is 0.493 e. The minimum atomic E-state index is 0.525. The highest BCUT2D eigenvalue weighted by Gasteiger charge is 2.56. The Labute approximate surface area is 107 Å². The number of nitrogens with one attached hydrogen (secondary N) is 1. The summed E-state index contributed by atoms with van der Waals surface area (Å²) in [5, 5.41) is 0. The number of halogens is 1. The van der Waals surface area contributed by atoms with Gasteiger partial charge in [0.1, 0.15) is 5.75 Å². The van der Waals surface area contributed by atoms with Crippen LogP contribution in [0.2, 0.25) is 0 Å². The number of aromatic nitrogens is 2. The number of aromatic amines is 1. The van der Waals surface area contributed by atoms with E-state index in [1.807, 2.05) is 12.3 Å². The number of hydrogen-bond acceptors (Lipinski definition) is 2. The van der Waals surface area contributed by atoms with Gasteiger partial charge in [0.25, 0.3) is 0 Å². The first-order valence-corrected chi connectivity index (χ1v) is 6.55. The predicted octanol–water partition coefficient (Wildman–Crippen LogP) is 3.06. The normalized spacial score (nSPS) is 29.1. The number of H-pyrrole nitrogens is 1. The van der Waals surface area contributed by atoms with Crippen molar-refractivity contribution < 1.29 is 4.74 Å². The van der Waals surface area contributed by atoms with Gasteiger partial charge in [-0.1, -0.05) is 15.9 Å². The number of hydrogen-bond donors (Lipinski definition) is 1. The van der Waals surface area contributed by atoms with Crippen LogP contribution in [-0.2, 0) is 0 Å². The average molecular weight is 291 g/mol. The molecule has 1 fully saturated rings. The molecule has 0 amide bonds. The minimum absolute atomic E-state index is 0.525. The second kappa shape index (κ2) is 3.35. The summed E-state index contributed by atoms with van der Waals surface area (Å²) in [5.74, 6) is 2.74. The number of fused-ring (bicyclic) bond motifs is 3. The van der Waals surface area contributed by atoms with Crippen LogP contribution in [-0.4, -0.2) is 16.6 Å². The third-order valence-electron chi connectivity index (χ3n) is 3.79. The zero-order chi connectivity index (χ0) is 11.4. The van der Waals surface area contributed by atoms with Crippen molar-refractivity contribution in [3.63, 3.8) is 0 Å². The lowest BCUT2D eigenvalue weighted by atomic mass is 10.1. The van der Waals surface area contributed by atoms with Crippen LogP contribution in [0.15, 0.2) is 35.2 Å². The van der Waals surface area contributed by atoms with Crippen molar-refractivity contribution in [2.45, 2.75) is 11.8 Å². The third-order valence-corrected chi connectivity index (χ3v) is 4.28. The van der Waals surface area contributed by atoms with E-state index < -0.39 is 0 Å². The zero-order valence-corrected chi connectivity index (χ0v) is 10.6. The Hall–Kier alpha value is -1.29. The smallest absolute Gasteiger partial charge is 0.122 e. The van der Waals surface area contributed by atoms with Crippen LogP contribution in [0.5, 0.6) is 5.75 Å². The van der Waals surface area contributed by atoms with E-state index in [1.54, 1.807) is 6.33 Å². The van der Waals surface area contributed by atoms with Crippen molar-refractivity contribution in [3.8, 4) is 5.75 Å². The fourth-order valence-electron chi connectivity index (χ4n) is 2.96. The van der Waals surface area contributed by atoms with Crippen LogP contribution in [0.4, 0.5) is 0 Å². The molecular weight excluding hydrogens is 280 g/mol. The Balaban J connectivity index is 1.76. The SMILES string of the molecule is Brc1ccc2c(c1)[C@@H]1[C@H](CO2)[C@H]1c1c[nH]cn1. The lowest BCUT2D eigenvalue weighted by molar-refractivity contribution is 0.277. The monoisotopic (exact) mass is 290 g/mol. The third kappa shape index (κ3) is 1.37. The maximum absolute atomic E-state index is 5.80. The molecule has 1 aromatic carbocycles. The summed E-state index contributed by atoms with van der Waals surface area (Å²) < 4.78 is 6.92. The summed E-state index contributed by atoms with van der Waals surface area (Å²) in [5.41, 5.74) is 2.49. The number of nitrogens with zero attached hydrogens (tertiary/aromatic N) is 1. The first kappa shape index (κ1) is 9.71. The molecule has 0 unspecified atom stereocenters. The molecule has 17 heavy (non-hydrogen) atoms. The topological polar surface area (TPSA) is 37.9 Å². The van der Waals surface area contributed by atoms with Gasteiger partial charge in [0, 0.05) is 28.4 Å². The molecule has 4 heteroatoms. The maximum atomic E-state index is 5.80. The Morgan fingerprint density at radius 3 is 3.12 bits per heavy atom. The van der Waals surface area contributed by atoms with Gasteiger partial charge in [0.15, 0.2) is 0 Å². The van der Waals surface area contributed by atoms with Crippen LogP contribution in [0.3, 0.4) is 0 Å². The van der Waals surface area contributed by atoms with E-state index >= 15 is 0 Å². The highest BCUT2D eigenvalue weighted by molar-refractivity contribution is 9.10. The molecule has 3 nitrogen and oxygen atoms in total. The van der Waals surface area contributed by atoms with Gasteiger partial charge in [0.05, 0.1) is 18.6 Å². The van der Waals surface area contributed by atoms with Crippen molar-refractivity contribution in [1.82, 2.24) is 9.97 Å². The lowest BCUT2D eigenvalue weighted by Gasteiger charge is -2.16. The van der Waals surface area contributed by atoms with Crippen LogP contribution in [0.25, 0.3) is 0 Å². The van der Waals surface area contributed by atoms with E-state index in [0.717, 1.165) is 22.5 Å². The standard InChI is InChI=1S/C13H11BrN2O/c14-7-1-2-11-8(3-7)12-9(5-17-11)13(12)10-4-15-6-16-10/h1-4,6,9,12-13H,5H2,(H,15,16)/t9-,12+,13-/m0/s1. The highest BCUT2D eigenvalue weighted by Crippen LogP contribution is 2.63. The fraction of sp³-hybridized carbons (Fsp3) is 0.308.